The molecule has 1 atom stereocenters. The van der Waals surface area contributed by atoms with Gasteiger partial charge in [0.05, 0.1) is 5.56 Å². The van der Waals surface area contributed by atoms with E-state index in [-0.39, 0.29) is 0 Å². The van der Waals surface area contributed by atoms with Gasteiger partial charge in [0.25, 0.3) is 0 Å². The van der Waals surface area contributed by atoms with Gasteiger partial charge in [0, 0.05) is 19.3 Å². The molecule has 1 fully saturated rings. The maximum Gasteiger partial charge on any atom is 0.153 e. The van der Waals surface area contributed by atoms with Crippen molar-refractivity contribution in [3.8, 4) is 0 Å². The predicted octanol–water partition coefficient (Wildman–Crippen LogP) is 2.52. The van der Waals surface area contributed by atoms with E-state index in [9.17, 15) is 4.79 Å². The zero-order chi connectivity index (χ0) is 11.4. The van der Waals surface area contributed by atoms with Crippen LogP contribution in [0.25, 0.3) is 0 Å². The Hall–Kier alpha value is -1.38. The molecule has 0 saturated carbocycles. The summed E-state index contributed by atoms with van der Waals surface area (Å²) < 4.78 is 0. The Morgan fingerprint density at radius 1 is 1.62 bits per heavy atom. The number of nitrogens with zero attached hydrogens (tertiary/aromatic N) is 2. The lowest BCUT2D eigenvalue weighted by Gasteiger charge is -2.33. The Kier molecular flexibility index (Phi) is 3.54. The fourth-order valence-corrected chi connectivity index (χ4v) is 2.36. The number of piperidine rings is 1. The summed E-state index contributed by atoms with van der Waals surface area (Å²) >= 11 is 0. The molecule has 16 heavy (non-hydrogen) atoms. The van der Waals surface area contributed by atoms with Crippen LogP contribution in [0.15, 0.2) is 18.3 Å². The summed E-state index contributed by atoms with van der Waals surface area (Å²) in [6.07, 6.45) is 6.37. The molecular weight excluding hydrogens is 200 g/mol. The summed E-state index contributed by atoms with van der Waals surface area (Å²) in [5, 5.41) is 0. The average Bonchev–Trinajstić information content (AvgIpc) is 2.38. The summed E-state index contributed by atoms with van der Waals surface area (Å²) in [5.41, 5.74) is 0.708. The van der Waals surface area contributed by atoms with E-state index in [0.717, 1.165) is 31.1 Å². The first kappa shape index (κ1) is 11.1. The van der Waals surface area contributed by atoms with Crippen LogP contribution in [0.5, 0.6) is 0 Å². The van der Waals surface area contributed by atoms with Crippen molar-refractivity contribution in [2.45, 2.75) is 26.2 Å². The maximum absolute atomic E-state index is 11.0. The molecule has 0 spiro atoms. The van der Waals surface area contributed by atoms with Gasteiger partial charge in [-0.1, -0.05) is 13.3 Å². The quantitative estimate of drug-likeness (QED) is 0.731. The van der Waals surface area contributed by atoms with Gasteiger partial charge in [-0.05, 0) is 30.9 Å². The predicted molar refractivity (Wildman–Crippen MR) is 64.9 cm³/mol. The number of hydrogen-bond donors (Lipinski definition) is 0. The van der Waals surface area contributed by atoms with Crippen molar-refractivity contribution in [2.75, 3.05) is 18.0 Å². The van der Waals surface area contributed by atoms with Crippen molar-refractivity contribution in [3.05, 3.63) is 23.9 Å². The Balaban J connectivity index is 2.19. The number of carbonyl (C=O) groups excluding carboxylic acids is 1. The van der Waals surface area contributed by atoms with Crippen molar-refractivity contribution in [1.82, 2.24) is 4.98 Å². The molecule has 1 saturated heterocycles. The van der Waals surface area contributed by atoms with Gasteiger partial charge >= 0.3 is 0 Å². The van der Waals surface area contributed by atoms with Gasteiger partial charge in [-0.2, -0.15) is 0 Å². The van der Waals surface area contributed by atoms with Crippen molar-refractivity contribution >= 4 is 12.1 Å². The Labute approximate surface area is 96.5 Å². The van der Waals surface area contributed by atoms with E-state index in [1.165, 1.54) is 19.3 Å². The average molecular weight is 218 g/mol. The highest BCUT2D eigenvalue weighted by Gasteiger charge is 2.21. The third kappa shape index (κ3) is 2.23. The number of carbonyl (C=O) groups is 1. The van der Waals surface area contributed by atoms with E-state index in [2.05, 4.69) is 16.8 Å². The number of rotatable bonds is 3. The number of anilines is 1. The van der Waals surface area contributed by atoms with Crippen LogP contribution >= 0.6 is 0 Å². The lowest BCUT2D eigenvalue weighted by atomic mass is 9.95. The van der Waals surface area contributed by atoms with Crippen LogP contribution in [0.4, 0.5) is 5.82 Å². The van der Waals surface area contributed by atoms with Crippen molar-refractivity contribution in [1.29, 1.82) is 0 Å². The highest BCUT2D eigenvalue weighted by molar-refractivity contribution is 5.82. The van der Waals surface area contributed by atoms with Crippen LogP contribution in [-0.4, -0.2) is 24.4 Å². The summed E-state index contributed by atoms with van der Waals surface area (Å²) in [5.74, 6) is 1.60. The lowest BCUT2D eigenvalue weighted by Crippen LogP contribution is -2.36. The van der Waals surface area contributed by atoms with Crippen molar-refractivity contribution in [3.63, 3.8) is 0 Å². The van der Waals surface area contributed by atoms with Gasteiger partial charge < -0.3 is 4.90 Å². The van der Waals surface area contributed by atoms with Gasteiger partial charge in [-0.25, -0.2) is 4.98 Å². The summed E-state index contributed by atoms with van der Waals surface area (Å²) in [7, 11) is 0. The number of aromatic nitrogens is 1. The summed E-state index contributed by atoms with van der Waals surface area (Å²) in [6, 6.07) is 3.65. The fraction of sp³-hybridized carbons (Fsp3) is 0.538. The van der Waals surface area contributed by atoms with E-state index in [1.54, 1.807) is 6.20 Å². The number of hydrogen-bond acceptors (Lipinski definition) is 3. The number of pyridine rings is 1. The largest absolute Gasteiger partial charge is 0.356 e. The molecule has 3 nitrogen and oxygen atoms in total. The molecule has 0 aromatic carbocycles. The Morgan fingerprint density at radius 3 is 3.25 bits per heavy atom. The normalized spacial score (nSPS) is 20.8. The molecule has 2 rings (SSSR count). The Morgan fingerprint density at radius 2 is 2.50 bits per heavy atom. The van der Waals surface area contributed by atoms with Crippen molar-refractivity contribution in [2.24, 2.45) is 5.92 Å². The first-order chi connectivity index (χ1) is 7.85. The standard InChI is InChI=1S/C13H18N2O/c1-2-11-5-4-8-15(9-11)13-12(10-16)6-3-7-14-13/h3,6-7,10-11H,2,4-5,8-9H2,1H3. The first-order valence-corrected chi connectivity index (χ1v) is 6.00. The van der Waals surface area contributed by atoms with E-state index >= 15 is 0 Å². The molecular formula is C13H18N2O. The zero-order valence-corrected chi connectivity index (χ0v) is 9.72. The molecule has 1 aliphatic rings. The first-order valence-electron chi connectivity index (χ1n) is 6.00. The second-order valence-electron chi connectivity index (χ2n) is 4.40. The van der Waals surface area contributed by atoms with Gasteiger partial charge in [0.2, 0.25) is 0 Å². The third-order valence-corrected chi connectivity index (χ3v) is 3.34. The van der Waals surface area contributed by atoms with Crippen molar-refractivity contribution < 1.29 is 4.79 Å². The molecule has 86 valence electrons. The van der Waals surface area contributed by atoms with Crippen LogP contribution < -0.4 is 4.90 Å². The molecule has 2 heterocycles. The minimum atomic E-state index is 0.708. The molecule has 1 aromatic rings. The smallest absolute Gasteiger partial charge is 0.153 e. The van der Waals surface area contributed by atoms with E-state index in [0.29, 0.717) is 5.56 Å². The van der Waals surface area contributed by atoms with Crippen LogP contribution in [0.2, 0.25) is 0 Å². The van der Waals surface area contributed by atoms with E-state index in [1.807, 2.05) is 12.1 Å². The van der Waals surface area contributed by atoms with Crippen LogP contribution in [0.3, 0.4) is 0 Å². The summed E-state index contributed by atoms with van der Waals surface area (Å²) in [4.78, 5) is 17.5. The number of aldehydes is 1. The Bertz CT molecular complexity index is 365. The van der Waals surface area contributed by atoms with Crippen LogP contribution in [-0.2, 0) is 0 Å². The minimum Gasteiger partial charge on any atom is -0.356 e. The molecule has 3 heteroatoms. The maximum atomic E-state index is 11.0. The van der Waals surface area contributed by atoms with E-state index in [4.69, 9.17) is 0 Å². The fourth-order valence-electron chi connectivity index (χ4n) is 2.36. The van der Waals surface area contributed by atoms with Gasteiger partial charge in [-0.3, -0.25) is 4.79 Å². The molecule has 1 unspecified atom stereocenters. The van der Waals surface area contributed by atoms with Crippen LogP contribution in [0.1, 0.15) is 36.5 Å². The zero-order valence-electron chi connectivity index (χ0n) is 9.72. The van der Waals surface area contributed by atoms with Gasteiger partial charge in [0.1, 0.15) is 5.82 Å². The van der Waals surface area contributed by atoms with Gasteiger partial charge in [0.15, 0.2) is 6.29 Å². The molecule has 0 radical (unpaired) electrons. The van der Waals surface area contributed by atoms with E-state index < -0.39 is 0 Å². The SMILES string of the molecule is CCC1CCCN(c2ncccc2C=O)C1. The summed E-state index contributed by atoms with van der Waals surface area (Å²) in [6.45, 7) is 4.29. The third-order valence-electron chi connectivity index (χ3n) is 3.34. The molecule has 0 amide bonds. The molecule has 0 N–H and O–H groups in total. The molecule has 1 aliphatic heterocycles. The highest BCUT2D eigenvalue weighted by atomic mass is 16.1. The van der Waals surface area contributed by atoms with Gasteiger partial charge in [-0.15, -0.1) is 0 Å². The monoisotopic (exact) mass is 218 g/mol. The van der Waals surface area contributed by atoms with Crippen LogP contribution in [0, 0.1) is 5.92 Å². The second kappa shape index (κ2) is 5.10. The molecule has 0 aliphatic carbocycles. The topological polar surface area (TPSA) is 33.2 Å². The second-order valence-corrected chi connectivity index (χ2v) is 4.40. The molecule has 1 aromatic heterocycles. The molecule has 0 bridgehead atoms. The lowest BCUT2D eigenvalue weighted by molar-refractivity contribution is 0.112. The minimum absolute atomic E-state index is 0.708. The highest BCUT2D eigenvalue weighted by Crippen LogP contribution is 2.24.